The Kier molecular flexibility index (Phi) is 7.72. The zero-order chi connectivity index (χ0) is 26.9. The number of hydrogen-bond acceptors (Lipinski definition) is 5. The van der Waals surface area contributed by atoms with Gasteiger partial charge in [-0.05, 0) is 53.9 Å². The molecule has 2 aliphatic rings. The number of carbonyl (C=O) groups is 1. The number of sulfonamides is 1. The molecule has 1 aliphatic heterocycles. The Bertz CT molecular complexity index is 1510. The van der Waals surface area contributed by atoms with Crippen LogP contribution in [0.2, 0.25) is 10.0 Å². The van der Waals surface area contributed by atoms with Crippen LogP contribution in [0.1, 0.15) is 38.8 Å². The Hall–Kier alpha value is -2.98. The van der Waals surface area contributed by atoms with Gasteiger partial charge in [0.15, 0.2) is 0 Å². The van der Waals surface area contributed by atoms with Crippen LogP contribution in [0.4, 0.5) is 10.1 Å². The van der Waals surface area contributed by atoms with Crippen LogP contribution < -0.4 is 4.72 Å². The molecule has 1 amide bonds. The van der Waals surface area contributed by atoms with Crippen molar-refractivity contribution in [3.63, 3.8) is 0 Å². The lowest BCUT2D eigenvalue weighted by Crippen LogP contribution is -2.48. The first-order chi connectivity index (χ1) is 18.2. The number of piperazine rings is 1. The first-order valence-electron chi connectivity index (χ1n) is 12.1. The molecule has 1 saturated heterocycles. The van der Waals surface area contributed by atoms with E-state index in [1.807, 2.05) is 12.1 Å². The molecular formula is C27H25Cl2FN4O3S. The molecule has 1 unspecified atom stereocenters. The number of aromatic nitrogens is 1. The van der Waals surface area contributed by atoms with E-state index in [-0.39, 0.29) is 23.6 Å². The maximum Gasteiger partial charge on any atom is 0.254 e. The second-order valence-corrected chi connectivity index (χ2v) is 12.0. The van der Waals surface area contributed by atoms with Gasteiger partial charge in [0.25, 0.3) is 5.91 Å². The topological polar surface area (TPSA) is 82.6 Å². The molecule has 1 aliphatic carbocycles. The third kappa shape index (κ3) is 5.71. The SMILES string of the molecule is O=C(c1ccc(NS(=O)(=O)C2CC=Cc3cccnc32)c(F)c1)N1CCN(Cc2ccc(Cl)cc2Cl)CC1. The maximum absolute atomic E-state index is 15.0. The maximum atomic E-state index is 15.0. The van der Waals surface area contributed by atoms with Gasteiger partial charge in [-0.3, -0.25) is 19.4 Å². The predicted molar refractivity (Wildman–Crippen MR) is 147 cm³/mol. The standard InChI is InChI=1S/C27H25Cl2FN4O3S/c28-21-8-6-20(22(29)16-21)17-33-11-13-34(14-12-33)27(35)19-7-9-24(23(30)15-19)32-38(36,37)25-5-1-3-18-4-2-10-31-26(18)25/h1-4,6-10,15-16,25,32H,5,11-14,17H2. The molecule has 5 rings (SSSR count). The Morgan fingerprint density at radius 1 is 1.08 bits per heavy atom. The highest BCUT2D eigenvalue weighted by atomic mass is 35.5. The Morgan fingerprint density at radius 2 is 1.87 bits per heavy atom. The Morgan fingerprint density at radius 3 is 2.61 bits per heavy atom. The van der Waals surface area contributed by atoms with E-state index in [4.69, 9.17) is 23.2 Å². The number of halogens is 3. The number of nitrogens with zero attached hydrogens (tertiary/aromatic N) is 3. The summed E-state index contributed by atoms with van der Waals surface area (Å²) in [7, 11) is -3.98. The van der Waals surface area contributed by atoms with Gasteiger partial charge in [-0.1, -0.05) is 47.5 Å². The van der Waals surface area contributed by atoms with Crippen molar-refractivity contribution in [3.8, 4) is 0 Å². The Labute approximate surface area is 230 Å². The summed E-state index contributed by atoms with van der Waals surface area (Å²) in [5, 5.41) is 0.236. The van der Waals surface area contributed by atoms with Crippen molar-refractivity contribution >= 4 is 50.9 Å². The van der Waals surface area contributed by atoms with Crippen molar-refractivity contribution in [2.24, 2.45) is 0 Å². The zero-order valence-electron chi connectivity index (χ0n) is 20.3. The van der Waals surface area contributed by atoms with E-state index >= 15 is 0 Å². The second kappa shape index (κ2) is 11.0. The summed E-state index contributed by atoms with van der Waals surface area (Å²) in [5.74, 6) is -1.12. The summed E-state index contributed by atoms with van der Waals surface area (Å²) in [6, 6.07) is 12.7. The molecule has 3 aromatic rings. The van der Waals surface area contributed by atoms with Gasteiger partial charge in [-0.25, -0.2) is 12.8 Å². The minimum Gasteiger partial charge on any atom is -0.336 e. The highest BCUT2D eigenvalue weighted by Gasteiger charge is 2.32. The van der Waals surface area contributed by atoms with E-state index in [2.05, 4.69) is 14.6 Å². The van der Waals surface area contributed by atoms with E-state index in [9.17, 15) is 17.6 Å². The lowest BCUT2D eigenvalue weighted by molar-refractivity contribution is 0.0628. The van der Waals surface area contributed by atoms with Gasteiger partial charge in [0, 0.05) is 54.5 Å². The van der Waals surface area contributed by atoms with Crippen LogP contribution in [0.15, 0.2) is 60.8 Å². The number of pyridine rings is 1. The van der Waals surface area contributed by atoms with Crippen LogP contribution in [0.25, 0.3) is 6.08 Å². The van der Waals surface area contributed by atoms with Gasteiger partial charge in [0.2, 0.25) is 10.0 Å². The monoisotopic (exact) mass is 574 g/mol. The van der Waals surface area contributed by atoms with E-state index in [0.29, 0.717) is 54.0 Å². The van der Waals surface area contributed by atoms with E-state index < -0.39 is 21.1 Å². The second-order valence-electron chi connectivity index (χ2n) is 9.25. The minimum atomic E-state index is -3.98. The third-order valence-electron chi connectivity index (χ3n) is 6.74. The number of anilines is 1. The number of fused-ring (bicyclic) bond motifs is 1. The van der Waals surface area contributed by atoms with Gasteiger partial charge in [-0.15, -0.1) is 0 Å². The molecule has 38 heavy (non-hydrogen) atoms. The quantitative estimate of drug-likeness (QED) is 0.427. The highest BCUT2D eigenvalue weighted by molar-refractivity contribution is 7.93. The van der Waals surface area contributed by atoms with Crippen molar-refractivity contribution < 1.29 is 17.6 Å². The van der Waals surface area contributed by atoms with Gasteiger partial charge in [0.05, 0.1) is 11.4 Å². The molecule has 1 fully saturated rings. The highest BCUT2D eigenvalue weighted by Crippen LogP contribution is 2.34. The smallest absolute Gasteiger partial charge is 0.254 e. The largest absolute Gasteiger partial charge is 0.336 e. The Balaban J connectivity index is 1.22. The molecule has 198 valence electrons. The molecule has 2 aromatic carbocycles. The molecule has 2 heterocycles. The fourth-order valence-corrected chi connectivity index (χ4v) is 6.62. The van der Waals surface area contributed by atoms with Crippen LogP contribution in [-0.2, 0) is 16.6 Å². The lowest BCUT2D eigenvalue weighted by atomic mass is 10.0. The van der Waals surface area contributed by atoms with Gasteiger partial charge >= 0.3 is 0 Å². The first kappa shape index (κ1) is 26.6. The van der Waals surface area contributed by atoms with Gasteiger partial charge < -0.3 is 4.90 Å². The predicted octanol–water partition coefficient (Wildman–Crippen LogP) is 5.39. The molecule has 0 bridgehead atoms. The van der Waals surface area contributed by atoms with Crippen molar-refractivity contribution in [2.75, 3.05) is 30.9 Å². The summed E-state index contributed by atoms with van der Waals surface area (Å²) in [6.45, 7) is 2.86. The van der Waals surface area contributed by atoms with Gasteiger partial charge in [-0.2, -0.15) is 0 Å². The molecule has 11 heteroatoms. The summed E-state index contributed by atoms with van der Waals surface area (Å²) in [5.41, 5.74) is 2.05. The van der Waals surface area contributed by atoms with Crippen LogP contribution in [0, 0.1) is 5.82 Å². The lowest BCUT2D eigenvalue weighted by Gasteiger charge is -2.35. The number of benzene rings is 2. The number of amides is 1. The van der Waals surface area contributed by atoms with E-state index in [1.54, 1.807) is 35.2 Å². The van der Waals surface area contributed by atoms with E-state index in [0.717, 1.165) is 11.6 Å². The van der Waals surface area contributed by atoms with Crippen molar-refractivity contribution in [1.82, 2.24) is 14.8 Å². The summed E-state index contributed by atoms with van der Waals surface area (Å²) in [6.07, 6.45) is 5.35. The number of allylic oxidation sites excluding steroid dienone is 1. The van der Waals surface area contributed by atoms with Crippen LogP contribution in [0.3, 0.4) is 0 Å². The molecule has 1 N–H and O–H groups in total. The third-order valence-corrected chi connectivity index (χ3v) is 8.99. The van der Waals surface area contributed by atoms with Crippen molar-refractivity contribution in [2.45, 2.75) is 18.2 Å². The van der Waals surface area contributed by atoms with Crippen LogP contribution in [0.5, 0.6) is 0 Å². The fourth-order valence-electron chi connectivity index (χ4n) is 4.68. The van der Waals surface area contributed by atoms with Crippen molar-refractivity contribution in [1.29, 1.82) is 0 Å². The number of hydrogen-bond donors (Lipinski definition) is 1. The molecule has 0 saturated carbocycles. The average Bonchev–Trinajstić information content (AvgIpc) is 2.91. The summed E-state index contributed by atoms with van der Waals surface area (Å²) in [4.78, 5) is 21.1. The average molecular weight is 575 g/mol. The van der Waals surface area contributed by atoms with E-state index in [1.165, 1.54) is 18.3 Å². The molecule has 0 spiro atoms. The molecular weight excluding hydrogens is 550 g/mol. The first-order valence-corrected chi connectivity index (χ1v) is 14.4. The molecule has 0 radical (unpaired) electrons. The summed E-state index contributed by atoms with van der Waals surface area (Å²) >= 11 is 12.3. The number of rotatable bonds is 6. The summed E-state index contributed by atoms with van der Waals surface area (Å²) < 4.78 is 43.5. The van der Waals surface area contributed by atoms with Crippen LogP contribution >= 0.6 is 23.2 Å². The fraction of sp³-hybridized carbons (Fsp3) is 0.259. The van der Waals surface area contributed by atoms with Gasteiger partial charge in [0.1, 0.15) is 11.1 Å². The van der Waals surface area contributed by atoms with Crippen LogP contribution in [-0.4, -0.2) is 55.3 Å². The minimum absolute atomic E-state index is 0.159. The molecule has 7 nitrogen and oxygen atoms in total. The number of carbonyl (C=O) groups excluding carboxylic acids is 1. The normalized spacial score (nSPS) is 17.8. The van der Waals surface area contributed by atoms with Crippen molar-refractivity contribution in [3.05, 3.63) is 99.1 Å². The molecule has 1 aromatic heterocycles. The number of nitrogens with one attached hydrogen (secondary N) is 1. The zero-order valence-corrected chi connectivity index (χ0v) is 22.6. The molecule has 1 atom stereocenters.